The van der Waals surface area contributed by atoms with Gasteiger partial charge in [0.25, 0.3) is 0 Å². The Kier molecular flexibility index (Phi) is 40.8. The van der Waals surface area contributed by atoms with Gasteiger partial charge in [-0.15, -0.1) is 0 Å². The fourth-order valence-corrected chi connectivity index (χ4v) is 8.23. The second-order valence-corrected chi connectivity index (χ2v) is 18.3. The average molecular weight is 878 g/mol. The van der Waals surface area contributed by atoms with Crippen molar-refractivity contribution in [3.8, 4) is 0 Å². The van der Waals surface area contributed by atoms with Crippen molar-refractivity contribution >= 4 is 5.91 Å². The highest BCUT2D eigenvalue weighted by atomic mass is 16.7. The number of nitrogens with one attached hydrogen (secondary N) is 1. The predicted octanol–water partition coefficient (Wildman–Crippen LogP) is 12.0. The van der Waals surface area contributed by atoms with Crippen molar-refractivity contribution in [2.24, 2.45) is 0 Å². The van der Waals surface area contributed by atoms with Crippen LogP contribution in [0.25, 0.3) is 0 Å². The first kappa shape index (κ1) is 58.4. The average Bonchev–Trinajstić information content (AvgIpc) is 3.27. The quantitative estimate of drug-likeness (QED) is 0.0262. The molecule has 6 N–H and O–H groups in total. The summed E-state index contributed by atoms with van der Waals surface area (Å²) in [5.74, 6) is -0.188. The third-order valence-electron chi connectivity index (χ3n) is 12.4. The molecule has 9 heteroatoms. The van der Waals surface area contributed by atoms with Crippen molar-refractivity contribution in [1.82, 2.24) is 5.32 Å². The number of aliphatic hydroxyl groups is 5. The molecule has 1 amide bonds. The Morgan fingerprint density at radius 3 is 1.35 bits per heavy atom. The molecule has 7 atom stereocenters. The van der Waals surface area contributed by atoms with Crippen LogP contribution in [0.4, 0.5) is 0 Å². The molecule has 0 aromatic carbocycles. The summed E-state index contributed by atoms with van der Waals surface area (Å²) in [5.41, 5.74) is 0. The number of amides is 1. The lowest BCUT2D eigenvalue weighted by atomic mass is 9.99. The summed E-state index contributed by atoms with van der Waals surface area (Å²) in [6.07, 6.45) is 47.7. The van der Waals surface area contributed by atoms with E-state index in [0.717, 1.165) is 38.5 Å². The molecule has 9 nitrogen and oxygen atoms in total. The largest absolute Gasteiger partial charge is 0.394 e. The third kappa shape index (κ3) is 33.0. The van der Waals surface area contributed by atoms with Crippen LogP contribution in [0.2, 0.25) is 0 Å². The Morgan fingerprint density at radius 1 is 0.532 bits per heavy atom. The van der Waals surface area contributed by atoms with Crippen LogP contribution in [0.15, 0.2) is 36.5 Å². The minimum absolute atomic E-state index is 0.188. The van der Waals surface area contributed by atoms with Crippen LogP contribution in [-0.2, 0) is 14.3 Å². The summed E-state index contributed by atoms with van der Waals surface area (Å²) in [7, 11) is 0. The zero-order valence-corrected chi connectivity index (χ0v) is 40.1. The third-order valence-corrected chi connectivity index (χ3v) is 12.4. The smallest absolute Gasteiger partial charge is 0.220 e. The van der Waals surface area contributed by atoms with Gasteiger partial charge in [-0.2, -0.15) is 0 Å². The van der Waals surface area contributed by atoms with Gasteiger partial charge in [0.2, 0.25) is 5.91 Å². The lowest BCUT2D eigenvalue weighted by Gasteiger charge is -2.40. The molecule has 364 valence electrons. The van der Waals surface area contributed by atoms with Gasteiger partial charge in [-0.1, -0.05) is 211 Å². The summed E-state index contributed by atoms with van der Waals surface area (Å²) in [6.45, 7) is 3.77. The number of unbranched alkanes of at least 4 members (excludes halogenated alkanes) is 30. The van der Waals surface area contributed by atoms with Gasteiger partial charge in [0.1, 0.15) is 24.4 Å². The maximum absolute atomic E-state index is 13.0. The number of rotatable bonds is 44. The molecule has 1 rings (SSSR count). The molecular formula is C53H99NO8. The van der Waals surface area contributed by atoms with Gasteiger partial charge in [0.05, 0.1) is 25.4 Å². The molecule has 0 saturated carbocycles. The van der Waals surface area contributed by atoms with E-state index < -0.39 is 49.5 Å². The van der Waals surface area contributed by atoms with Crippen LogP contribution in [0.1, 0.15) is 239 Å². The molecule has 0 spiro atoms. The number of carbonyl (C=O) groups excluding carboxylic acids is 1. The van der Waals surface area contributed by atoms with E-state index >= 15 is 0 Å². The normalized spacial score (nSPS) is 20.5. The highest BCUT2D eigenvalue weighted by Crippen LogP contribution is 2.23. The van der Waals surface area contributed by atoms with E-state index in [1.165, 1.54) is 180 Å². The van der Waals surface area contributed by atoms with E-state index in [0.29, 0.717) is 6.42 Å². The fraction of sp³-hybridized carbons (Fsp3) is 0.868. The summed E-state index contributed by atoms with van der Waals surface area (Å²) in [6, 6.07) is -0.821. The van der Waals surface area contributed by atoms with Gasteiger partial charge < -0.3 is 40.3 Å². The van der Waals surface area contributed by atoms with Crippen molar-refractivity contribution in [3.05, 3.63) is 36.5 Å². The first-order chi connectivity index (χ1) is 30.3. The molecule has 0 bridgehead atoms. The highest BCUT2D eigenvalue weighted by molar-refractivity contribution is 5.76. The van der Waals surface area contributed by atoms with Gasteiger partial charge >= 0.3 is 0 Å². The minimum atomic E-state index is -1.57. The number of ether oxygens (including phenoxy) is 2. The number of aliphatic hydroxyl groups excluding tert-OH is 5. The Balaban J connectivity index is 2.30. The van der Waals surface area contributed by atoms with Gasteiger partial charge in [0, 0.05) is 6.42 Å². The van der Waals surface area contributed by atoms with Crippen LogP contribution in [0, 0.1) is 0 Å². The number of hydrogen-bond donors (Lipinski definition) is 6. The molecule has 0 aromatic rings. The maximum atomic E-state index is 13.0. The van der Waals surface area contributed by atoms with Crippen LogP contribution >= 0.6 is 0 Å². The first-order valence-corrected chi connectivity index (χ1v) is 26.2. The zero-order chi connectivity index (χ0) is 45.1. The van der Waals surface area contributed by atoms with E-state index in [1.807, 2.05) is 6.08 Å². The number of carbonyl (C=O) groups is 1. The molecule has 1 aliphatic heterocycles. The maximum Gasteiger partial charge on any atom is 0.220 e. The lowest BCUT2D eigenvalue weighted by molar-refractivity contribution is -0.302. The van der Waals surface area contributed by atoms with Crippen molar-refractivity contribution in [2.75, 3.05) is 13.2 Å². The molecule has 1 aliphatic rings. The summed E-state index contributed by atoms with van der Waals surface area (Å²) >= 11 is 0. The molecule has 0 aromatic heterocycles. The highest BCUT2D eigenvalue weighted by Gasteiger charge is 2.44. The Hall–Kier alpha value is -1.59. The van der Waals surface area contributed by atoms with Gasteiger partial charge in [-0.3, -0.25) is 4.79 Å². The van der Waals surface area contributed by atoms with Crippen LogP contribution in [0.5, 0.6) is 0 Å². The van der Waals surface area contributed by atoms with Crippen LogP contribution in [-0.4, -0.2) is 87.5 Å². The Labute approximate surface area is 381 Å². The van der Waals surface area contributed by atoms with E-state index in [-0.39, 0.29) is 12.5 Å². The second-order valence-electron chi connectivity index (χ2n) is 18.3. The van der Waals surface area contributed by atoms with Crippen molar-refractivity contribution < 1.29 is 39.8 Å². The van der Waals surface area contributed by atoms with E-state index in [4.69, 9.17) is 9.47 Å². The molecule has 7 unspecified atom stereocenters. The molecule has 62 heavy (non-hydrogen) atoms. The molecular weight excluding hydrogens is 779 g/mol. The van der Waals surface area contributed by atoms with E-state index in [1.54, 1.807) is 6.08 Å². The molecule has 1 saturated heterocycles. The second kappa shape index (κ2) is 43.3. The fourth-order valence-electron chi connectivity index (χ4n) is 8.23. The van der Waals surface area contributed by atoms with Crippen LogP contribution in [0.3, 0.4) is 0 Å². The van der Waals surface area contributed by atoms with Gasteiger partial charge in [-0.05, 0) is 57.8 Å². The van der Waals surface area contributed by atoms with E-state index in [9.17, 15) is 30.3 Å². The lowest BCUT2D eigenvalue weighted by Crippen LogP contribution is -2.60. The predicted molar refractivity (Wildman–Crippen MR) is 258 cm³/mol. The monoisotopic (exact) mass is 878 g/mol. The Morgan fingerprint density at radius 2 is 0.919 bits per heavy atom. The van der Waals surface area contributed by atoms with Crippen molar-refractivity contribution in [2.45, 2.75) is 281 Å². The molecule has 0 radical (unpaired) electrons. The summed E-state index contributed by atoms with van der Waals surface area (Å²) in [5, 5.41) is 54.3. The van der Waals surface area contributed by atoms with Crippen molar-refractivity contribution in [1.29, 1.82) is 0 Å². The van der Waals surface area contributed by atoms with Crippen molar-refractivity contribution in [3.63, 3.8) is 0 Å². The minimum Gasteiger partial charge on any atom is -0.394 e. The molecule has 0 aliphatic carbocycles. The van der Waals surface area contributed by atoms with Gasteiger partial charge in [-0.25, -0.2) is 0 Å². The number of hydrogen-bond acceptors (Lipinski definition) is 8. The molecule has 1 fully saturated rings. The van der Waals surface area contributed by atoms with Gasteiger partial charge in [0.15, 0.2) is 6.29 Å². The first-order valence-electron chi connectivity index (χ1n) is 26.2. The topological polar surface area (TPSA) is 149 Å². The summed E-state index contributed by atoms with van der Waals surface area (Å²) in [4.78, 5) is 13.0. The van der Waals surface area contributed by atoms with E-state index in [2.05, 4.69) is 43.5 Å². The standard InChI is InChI=1S/C53H99NO8/c1-3-5-7-9-11-13-15-17-19-21-23-24-25-27-29-31-33-35-37-39-41-43-49(57)54-46(45-61-53-52(60)51(59)50(58)48(44-55)62-53)47(56)42-40-38-36-34-32-30-28-26-22-20-18-16-14-12-10-8-6-4-2/h21,23,32,34,40,42,46-48,50-53,55-56,58-60H,3-20,22,24-31,33,35-39,41,43-45H2,1-2H3,(H,54,57)/b23-21-,34-32+,42-40+. The summed E-state index contributed by atoms with van der Waals surface area (Å²) < 4.78 is 11.2. The van der Waals surface area contributed by atoms with Crippen LogP contribution < -0.4 is 5.32 Å². The Bertz CT molecular complexity index is 1070. The molecule has 1 heterocycles. The number of allylic oxidation sites excluding steroid dienone is 5. The zero-order valence-electron chi connectivity index (χ0n) is 40.1. The SMILES string of the molecule is CCCCCCCCCC/C=C\CCCCCCCCCCCC(=O)NC(COC1OC(CO)C(O)C(O)C1O)C(O)/C=C/CC/C=C/CCCCCCCCCCCCCC.